The minimum absolute atomic E-state index is 0.480. The zero-order valence-electron chi connectivity index (χ0n) is 11.4. The number of hydrogen-bond acceptors (Lipinski definition) is 4. The highest BCUT2D eigenvalue weighted by Gasteiger charge is 2.18. The predicted molar refractivity (Wildman–Crippen MR) is 70.4 cm³/mol. The zero-order chi connectivity index (χ0) is 12.8. The molecule has 0 saturated carbocycles. The van der Waals surface area contributed by atoms with Crippen LogP contribution in [0, 0.1) is 0 Å². The Balaban J connectivity index is 1.79. The van der Waals surface area contributed by atoms with Crippen LogP contribution in [0.15, 0.2) is 6.20 Å². The van der Waals surface area contributed by atoms with E-state index in [1.807, 2.05) is 13.2 Å². The molecule has 1 N–H and O–H groups in total. The number of nitrogens with zero attached hydrogens (tertiary/aromatic N) is 3. The van der Waals surface area contributed by atoms with Gasteiger partial charge in [0.25, 0.3) is 0 Å². The Morgan fingerprint density at radius 2 is 2.50 bits per heavy atom. The van der Waals surface area contributed by atoms with Gasteiger partial charge in [-0.3, -0.25) is 4.68 Å². The number of nitrogens with one attached hydrogen (secondary N) is 1. The van der Waals surface area contributed by atoms with Gasteiger partial charge in [-0.1, -0.05) is 12.1 Å². The highest BCUT2D eigenvalue weighted by atomic mass is 16.5. The summed E-state index contributed by atoms with van der Waals surface area (Å²) in [7, 11) is 1.91. The highest BCUT2D eigenvalue weighted by Crippen LogP contribution is 2.18. The van der Waals surface area contributed by atoms with Gasteiger partial charge in [0.15, 0.2) is 0 Å². The number of aromatic nitrogens is 3. The standard InChI is InChI=1S/C13H24N4O/c1-3-14-11(6-7-13-5-4-8-18-13)9-12-10-17(2)16-15-12/h10-11,13-14H,3-9H2,1-2H3. The van der Waals surface area contributed by atoms with Gasteiger partial charge in [0, 0.05) is 32.3 Å². The first-order valence-corrected chi connectivity index (χ1v) is 6.98. The van der Waals surface area contributed by atoms with Gasteiger partial charge in [-0.15, -0.1) is 5.10 Å². The van der Waals surface area contributed by atoms with Crippen LogP contribution in [0.25, 0.3) is 0 Å². The molecule has 2 rings (SSSR count). The van der Waals surface area contributed by atoms with E-state index in [0.29, 0.717) is 12.1 Å². The monoisotopic (exact) mass is 252 g/mol. The van der Waals surface area contributed by atoms with Crippen LogP contribution in [0.3, 0.4) is 0 Å². The average Bonchev–Trinajstić information content (AvgIpc) is 2.98. The van der Waals surface area contributed by atoms with E-state index in [9.17, 15) is 0 Å². The van der Waals surface area contributed by atoms with Crippen molar-refractivity contribution in [3.63, 3.8) is 0 Å². The summed E-state index contributed by atoms with van der Waals surface area (Å²) in [6.07, 6.45) is 8.18. The van der Waals surface area contributed by atoms with Crippen molar-refractivity contribution in [2.45, 2.75) is 51.2 Å². The van der Waals surface area contributed by atoms with E-state index in [-0.39, 0.29) is 0 Å². The Morgan fingerprint density at radius 3 is 3.11 bits per heavy atom. The molecule has 0 aliphatic carbocycles. The fourth-order valence-corrected chi connectivity index (χ4v) is 2.57. The Hall–Kier alpha value is -0.940. The van der Waals surface area contributed by atoms with Gasteiger partial charge in [0.2, 0.25) is 0 Å². The Labute approximate surface area is 109 Å². The molecule has 1 aliphatic rings. The third kappa shape index (κ3) is 4.07. The Morgan fingerprint density at radius 1 is 1.61 bits per heavy atom. The van der Waals surface area contributed by atoms with Crippen molar-refractivity contribution < 1.29 is 4.74 Å². The second-order valence-electron chi connectivity index (χ2n) is 5.05. The number of hydrogen-bond donors (Lipinski definition) is 1. The molecule has 0 bridgehead atoms. The van der Waals surface area contributed by atoms with Gasteiger partial charge in [0.1, 0.15) is 0 Å². The van der Waals surface area contributed by atoms with Crippen molar-refractivity contribution in [3.8, 4) is 0 Å². The molecule has 0 aromatic carbocycles. The van der Waals surface area contributed by atoms with Crippen LogP contribution in [-0.4, -0.2) is 40.3 Å². The average molecular weight is 252 g/mol. The van der Waals surface area contributed by atoms with E-state index in [1.165, 1.54) is 12.8 Å². The molecule has 0 amide bonds. The molecule has 0 radical (unpaired) electrons. The van der Waals surface area contributed by atoms with Gasteiger partial charge in [-0.25, -0.2) is 0 Å². The van der Waals surface area contributed by atoms with E-state index in [4.69, 9.17) is 4.74 Å². The van der Waals surface area contributed by atoms with Gasteiger partial charge in [-0.2, -0.15) is 0 Å². The maximum absolute atomic E-state index is 5.68. The van der Waals surface area contributed by atoms with Crippen molar-refractivity contribution in [1.82, 2.24) is 20.3 Å². The lowest BCUT2D eigenvalue weighted by molar-refractivity contribution is 0.0996. The zero-order valence-corrected chi connectivity index (χ0v) is 11.4. The second-order valence-corrected chi connectivity index (χ2v) is 5.05. The summed E-state index contributed by atoms with van der Waals surface area (Å²) in [5, 5.41) is 11.7. The van der Waals surface area contributed by atoms with E-state index in [2.05, 4.69) is 22.6 Å². The molecular formula is C13H24N4O. The molecule has 1 aromatic heterocycles. The molecule has 1 aliphatic heterocycles. The van der Waals surface area contributed by atoms with Crippen molar-refractivity contribution in [3.05, 3.63) is 11.9 Å². The molecule has 102 valence electrons. The minimum atomic E-state index is 0.480. The summed E-state index contributed by atoms with van der Waals surface area (Å²) in [4.78, 5) is 0. The normalized spacial score (nSPS) is 21.3. The van der Waals surface area contributed by atoms with Crippen LogP contribution in [0.2, 0.25) is 0 Å². The van der Waals surface area contributed by atoms with E-state index < -0.39 is 0 Å². The predicted octanol–water partition coefficient (Wildman–Crippen LogP) is 1.29. The van der Waals surface area contributed by atoms with Crippen molar-refractivity contribution in [1.29, 1.82) is 0 Å². The summed E-state index contributed by atoms with van der Waals surface area (Å²) in [6.45, 7) is 4.09. The van der Waals surface area contributed by atoms with Crippen LogP contribution >= 0.6 is 0 Å². The second kappa shape index (κ2) is 6.85. The molecule has 5 nitrogen and oxygen atoms in total. The number of likely N-dealkylation sites (N-methyl/N-ethyl adjacent to an activating group) is 1. The Kier molecular flexibility index (Phi) is 5.13. The van der Waals surface area contributed by atoms with Gasteiger partial charge >= 0.3 is 0 Å². The Bertz CT molecular complexity index is 347. The highest BCUT2D eigenvalue weighted by molar-refractivity contribution is 4.95. The van der Waals surface area contributed by atoms with E-state index in [0.717, 1.165) is 38.1 Å². The molecule has 5 heteroatoms. The number of aryl methyl sites for hydroxylation is 1. The quantitative estimate of drug-likeness (QED) is 0.794. The smallest absolute Gasteiger partial charge is 0.0842 e. The van der Waals surface area contributed by atoms with E-state index >= 15 is 0 Å². The van der Waals surface area contributed by atoms with Crippen LogP contribution in [0.5, 0.6) is 0 Å². The first kappa shape index (κ1) is 13.5. The molecule has 0 spiro atoms. The summed E-state index contributed by atoms with van der Waals surface area (Å²) >= 11 is 0. The lowest BCUT2D eigenvalue weighted by Crippen LogP contribution is -2.32. The number of rotatable bonds is 7. The van der Waals surface area contributed by atoms with Crippen LogP contribution in [0.4, 0.5) is 0 Å². The van der Waals surface area contributed by atoms with Gasteiger partial charge in [-0.05, 0) is 32.2 Å². The van der Waals surface area contributed by atoms with Crippen molar-refractivity contribution >= 4 is 0 Å². The molecule has 1 aromatic rings. The topological polar surface area (TPSA) is 52.0 Å². The first-order chi connectivity index (χ1) is 8.78. The summed E-state index contributed by atoms with van der Waals surface area (Å²) in [6, 6.07) is 0.482. The maximum Gasteiger partial charge on any atom is 0.0842 e. The SMILES string of the molecule is CCNC(CCC1CCCO1)Cc1cn(C)nn1. The maximum atomic E-state index is 5.68. The third-order valence-corrected chi connectivity index (χ3v) is 3.46. The lowest BCUT2D eigenvalue weighted by atomic mass is 10.0. The summed E-state index contributed by atoms with van der Waals surface area (Å²) in [5.41, 5.74) is 1.07. The summed E-state index contributed by atoms with van der Waals surface area (Å²) < 4.78 is 7.44. The number of ether oxygens (including phenoxy) is 1. The lowest BCUT2D eigenvalue weighted by Gasteiger charge is -2.18. The molecular weight excluding hydrogens is 228 g/mol. The molecule has 18 heavy (non-hydrogen) atoms. The van der Waals surface area contributed by atoms with Crippen LogP contribution in [-0.2, 0) is 18.2 Å². The largest absolute Gasteiger partial charge is 0.378 e. The van der Waals surface area contributed by atoms with Crippen LogP contribution < -0.4 is 5.32 Å². The molecule has 1 saturated heterocycles. The fraction of sp³-hybridized carbons (Fsp3) is 0.846. The molecule has 1 fully saturated rings. The third-order valence-electron chi connectivity index (χ3n) is 3.46. The first-order valence-electron chi connectivity index (χ1n) is 6.98. The van der Waals surface area contributed by atoms with Crippen molar-refractivity contribution in [2.75, 3.05) is 13.2 Å². The molecule has 2 heterocycles. The van der Waals surface area contributed by atoms with Gasteiger partial charge in [0.05, 0.1) is 11.8 Å². The molecule has 2 atom stereocenters. The molecule has 2 unspecified atom stereocenters. The minimum Gasteiger partial charge on any atom is -0.378 e. The summed E-state index contributed by atoms with van der Waals surface area (Å²) in [5.74, 6) is 0. The van der Waals surface area contributed by atoms with Gasteiger partial charge < -0.3 is 10.1 Å². The fourth-order valence-electron chi connectivity index (χ4n) is 2.57. The van der Waals surface area contributed by atoms with Crippen LogP contribution in [0.1, 0.15) is 38.3 Å². The van der Waals surface area contributed by atoms with Crippen molar-refractivity contribution in [2.24, 2.45) is 7.05 Å². The van der Waals surface area contributed by atoms with E-state index in [1.54, 1.807) is 4.68 Å².